The van der Waals surface area contributed by atoms with Crippen LogP contribution in [0.15, 0.2) is 42.6 Å². The SMILES string of the molecule is Cc1cc(C(=O)COc2cccnc2[N+](=O)[O-])c(C)n1-c1ccc(OC(F)F)c(Cl)c1. The molecular formula is C20H16ClF2N3O5. The maximum absolute atomic E-state index is 12.7. The number of carbonyl (C=O) groups is 1. The van der Waals surface area contributed by atoms with Gasteiger partial charge in [0.25, 0.3) is 0 Å². The van der Waals surface area contributed by atoms with Crippen molar-refractivity contribution in [1.29, 1.82) is 0 Å². The Labute approximate surface area is 180 Å². The maximum atomic E-state index is 12.7. The molecule has 2 heterocycles. The molecule has 0 spiro atoms. The first kappa shape index (κ1) is 22.2. The summed E-state index contributed by atoms with van der Waals surface area (Å²) in [7, 11) is 0. The number of carbonyl (C=O) groups excluding carboxylic acids is 1. The molecule has 0 radical (unpaired) electrons. The van der Waals surface area contributed by atoms with E-state index >= 15 is 0 Å². The molecule has 0 aliphatic heterocycles. The van der Waals surface area contributed by atoms with Crippen LogP contribution in [0, 0.1) is 24.0 Å². The van der Waals surface area contributed by atoms with Crippen LogP contribution in [0.25, 0.3) is 5.69 Å². The Balaban J connectivity index is 1.84. The minimum Gasteiger partial charge on any atom is -0.477 e. The van der Waals surface area contributed by atoms with Gasteiger partial charge >= 0.3 is 12.4 Å². The lowest BCUT2D eigenvalue weighted by molar-refractivity contribution is -0.390. The molecule has 0 bridgehead atoms. The van der Waals surface area contributed by atoms with Crippen molar-refractivity contribution in [1.82, 2.24) is 9.55 Å². The van der Waals surface area contributed by atoms with E-state index < -0.39 is 29.7 Å². The predicted octanol–water partition coefficient (Wildman–Crippen LogP) is 4.91. The fraction of sp³-hybridized carbons (Fsp3) is 0.200. The van der Waals surface area contributed by atoms with E-state index in [4.69, 9.17) is 16.3 Å². The van der Waals surface area contributed by atoms with Gasteiger partial charge in [-0.05, 0) is 60.2 Å². The minimum absolute atomic E-state index is 0.00889. The molecule has 0 aliphatic carbocycles. The summed E-state index contributed by atoms with van der Waals surface area (Å²) in [5, 5.41) is 11.0. The van der Waals surface area contributed by atoms with Crippen LogP contribution in [0.3, 0.4) is 0 Å². The van der Waals surface area contributed by atoms with Crippen LogP contribution in [-0.2, 0) is 0 Å². The number of pyridine rings is 1. The fourth-order valence-electron chi connectivity index (χ4n) is 3.12. The molecule has 3 aromatic rings. The number of nitro groups is 1. The number of hydrogen-bond acceptors (Lipinski definition) is 6. The number of ether oxygens (including phenoxy) is 2. The van der Waals surface area contributed by atoms with Crippen molar-refractivity contribution in [2.45, 2.75) is 20.5 Å². The predicted molar refractivity (Wildman–Crippen MR) is 108 cm³/mol. The molecule has 0 fully saturated rings. The summed E-state index contributed by atoms with van der Waals surface area (Å²) in [5.41, 5.74) is 2.13. The summed E-state index contributed by atoms with van der Waals surface area (Å²) in [6.07, 6.45) is 1.25. The normalized spacial score (nSPS) is 10.9. The third-order valence-corrected chi connectivity index (χ3v) is 4.70. The van der Waals surface area contributed by atoms with E-state index in [9.17, 15) is 23.7 Å². The Morgan fingerprint density at radius 1 is 1.26 bits per heavy atom. The zero-order valence-electron chi connectivity index (χ0n) is 16.3. The number of ketones is 1. The molecule has 8 nitrogen and oxygen atoms in total. The van der Waals surface area contributed by atoms with Gasteiger partial charge in [0.05, 0.1) is 5.02 Å². The van der Waals surface area contributed by atoms with E-state index in [0.717, 1.165) is 0 Å². The van der Waals surface area contributed by atoms with E-state index in [1.54, 1.807) is 24.5 Å². The van der Waals surface area contributed by atoms with Gasteiger partial charge in [0.2, 0.25) is 11.5 Å². The number of aromatic nitrogens is 2. The Bertz CT molecular complexity index is 1150. The lowest BCUT2D eigenvalue weighted by atomic mass is 10.1. The van der Waals surface area contributed by atoms with Gasteiger partial charge < -0.3 is 24.2 Å². The average Bonchev–Trinajstić information content (AvgIpc) is 3.01. The highest BCUT2D eigenvalue weighted by Gasteiger charge is 2.21. The van der Waals surface area contributed by atoms with Gasteiger partial charge in [0.1, 0.15) is 11.9 Å². The molecule has 11 heteroatoms. The number of rotatable bonds is 8. The highest BCUT2D eigenvalue weighted by atomic mass is 35.5. The van der Waals surface area contributed by atoms with Gasteiger partial charge in [-0.3, -0.25) is 4.79 Å². The van der Waals surface area contributed by atoms with E-state index in [0.29, 0.717) is 22.6 Å². The van der Waals surface area contributed by atoms with Crippen molar-refractivity contribution in [2.75, 3.05) is 6.61 Å². The Hall–Kier alpha value is -3.53. The molecule has 2 aromatic heterocycles. The van der Waals surface area contributed by atoms with Crippen LogP contribution in [0.5, 0.6) is 11.5 Å². The summed E-state index contributed by atoms with van der Waals surface area (Å²) in [5.74, 6) is -1.16. The van der Waals surface area contributed by atoms with Crippen LogP contribution in [0.2, 0.25) is 5.02 Å². The molecule has 0 saturated carbocycles. The van der Waals surface area contributed by atoms with Crippen LogP contribution in [0.1, 0.15) is 21.7 Å². The number of hydrogen-bond donors (Lipinski definition) is 0. The number of Topliss-reactive ketones (excluding diaryl/α,β-unsaturated/α-hetero) is 1. The molecule has 0 N–H and O–H groups in total. The van der Waals surface area contributed by atoms with Gasteiger partial charge in [-0.15, -0.1) is 0 Å². The van der Waals surface area contributed by atoms with E-state index in [2.05, 4.69) is 9.72 Å². The Kier molecular flexibility index (Phi) is 6.50. The summed E-state index contributed by atoms with van der Waals surface area (Å²) >= 11 is 6.04. The molecule has 0 amide bonds. The maximum Gasteiger partial charge on any atom is 0.406 e. The second kappa shape index (κ2) is 9.09. The molecule has 162 valence electrons. The Morgan fingerprint density at radius 3 is 2.65 bits per heavy atom. The van der Waals surface area contributed by atoms with E-state index in [-0.39, 0.29) is 16.5 Å². The summed E-state index contributed by atoms with van der Waals surface area (Å²) in [6.45, 7) is 0.0232. The van der Waals surface area contributed by atoms with E-state index in [1.165, 1.54) is 36.5 Å². The second-order valence-electron chi connectivity index (χ2n) is 6.41. The zero-order valence-corrected chi connectivity index (χ0v) is 17.1. The standard InChI is InChI=1S/C20H16ClF2N3O5/c1-11-8-14(16(27)10-30-18-4-3-7-24-19(18)26(28)29)12(2)25(11)13-5-6-17(15(21)9-13)31-20(22)23/h3-9,20H,10H2,1-2H3. The monoisotopic (exact) mass is 451 g/mol. The number of alkyl halides is 2. The van der Waals surface area contributed by atoms with Crippen molar-refractivity contribution >= 4 is 23.2 Å². The van der Waals surface area contributed by atoms with Crippen LogP contribution >= 0.6 is 11.6 Å². The van der Waals surface area contributed by atoms with Crippen molar-refractivity contribution in [3.05, 3.63) is 74.7 Å². The average molecular weight is 452 g/mol. The van der Waals surface area contributed by atoms with Crippen molar-refractivity contribution in [2.24, 2.45) is 0 Å². The molecule has 1 aromatic carbocycles. The summed E-state index contributed by atoms with van der Waals surface area (Å²) in [4.78, 5) is 26.7. The first-order valence-corrected chi connectivity index (χ1v) is 9.26. The highest BCUT2D eigenvalue weighted by Crippen LogP contribution is 2.31. The molecule has 31 heavy (non-hydrogen) atoms. The zero-order chi connectivity index (χ0) is 22.7. The lowest BCUT2D eigenvalue weighted by Crippen LogP contribution is -2.13. The summed E-state index contributed by atoms with van der Waals surface area (Å²) in [6, 6.07) is 8.75. The third-order valence-electron chi connectivity index (χ3n) is 4.40. The highest BCUT2D eigenvalue weighted by molar-refractivity contribution is 6.32. The quantitative estimate of drug-likeness (QED) is 0.274. The largest absolute Gasteiger partial charge is 0.477 e. The molecule has 3 rings (SSSR count). The van der Waals surface area contributed by atoms with Gasteiger partial charge in [-0.1, -0.05) is 11.6 Å². The number of nitrogens with zero attached hydrogens (tertiary/aromatic N) is 3. The van der Waals surface area contributed by atoms with Crippen molar-refractivity contribution in [3.8, 4) is 17.2 Å². The van der Waals surface area contributed by atoms with E-state index in [1.807, 2.05) is 0 Å². The van der Waals surface area contributed by atoms with Gasteiger partial charge in [-0.25, -0.2) is 0 Å². The number of aryl methyl sites for hydroxylation is 1. The molecule has 0 aliphatic rings. The number of halogens is 3. The molecule has 0 atom stereocenters. The van der Waals surface area contributed by atoms with Gasteiger partial charge in [0, 0.05) is 22.6 Å². The smallest absolute Gasteiger partial charge is 0.406 e. The second-order valence-corrected chi connectivity index (χ2v) is 6.81. The lowest BCUT2D eigenvalue weighted by Gasteiger charge is -2.13. The minimum atomic E-state index is -3.00. The van der Waals surface area contributed by atoms with Crippen molar-refractivity contribution < 1.29 is 28.0 Å². The molecular weight excluding hydrogens is 436 g/mol. The Morgan fingerprint density at radius 2 is 2.00 bits per heavy atom. The summed E-state index contributed by atoms with van der Waals surface area (Å²) < 4.78 is 36.3. The fourth-order valence-corrected chi connectivity index (χ4v) is 3.34. The van der Waals surface area contributed by atoms with Crippen molar-refractivity contribution in [3.63, 3.8) is 0 Å². The van der Waals surface area contributed by atoms with Gasteiger partial charge in [0.15, 0.2) is 6.61 Å². The van der Waals surface area contributed by atoms with Crippen LogP contribution < -0.4 is 9.47 Å². The topological polar surface area (TPSA) is 96.5 Å². The van der Waals surface area contributed by atoms with Gasteiger partial charge in [-0.2, -0.15) is 8.78 Å². The number of benzene rings is 1. The molecule has 0 saturated heterocycles. The van der Waals surface area contributed by atoms with Crippen LogP contribution in [-0.4, -0.2) is 33.5 Å². The first-order valence-electron chi connectivity index (χ1n) is 8.88. The van der Waals surface area contributed by atoms with Crippen LogP contribution in [0.4, 0.5) is 14.6 Å². The molecule has 0 unspecified atom stereocenters. The first-order chi connectivity index (χ1) is 14.7. The third kappa shape index (κ3) is 4.80.